The Bertz CT molecular complexity index is 516. The van der Waals surface area contributed by atoms with E-state index in [1.165, 1.54) is 206 Å². The number of nitrogens with zero attached hydrogens (tertiary/aromatic N) is 2. The topological polar surface area (TPSA) is 6.48 Å². The molecule has 0 amide bonds. The van der Waals surface area contributed by atoms with Crippen molar-refractivity contribution in [3.8, 4) is 0 Å². The van der Waals surface area contributed by atoms with E-state index >= 15 is 0 Å². The average Bonchev–Trinajstić information content (AvgIpc) is 3.31. The Morgan fingerprint density at radius 3 is 0.750 bits per heavy atom. The van der Waals surface area contributed by atoms with Crippen LogP contribution in [0.1, 0.15) is 213 Å². The van der Waals surface area contributed by atoms with Crippen molar-refractivity contribution in [1.29, 1.82) is 0 Å². The van der Waals surface area contributed by atoms with Crippen LogP contribution in [-0.4, -0.2) is 29.1 Å². The van der Waals surface area contributed by atoms with Crippen LogP contribution >= 0.6 is 0 Å². The molecule has 1 atom stereocenters. The Morgan fingerprint density at radius 1 is 0.325 bits per heavy atom. The third-order valence-electron chi connectivity index (χ3n) is 9.45. The molecule has 2 nitrogen and oxygen atoms in total. The van der Waals surface area contributed by atoms with Crippen molar-refractivity contribution in [2.45, 2.75) is 220 Å². The van der Waals surface area contributed by atoms with Crippen LogP contribution in [0.5, 0.6) is 0 Å². The number of hydrogen-bond donors (Lipinski definition) is 0. The van der Waals surface area contributed by atoms with Gasteiger partial charge in [0.1, 0.15) is 0 Å². The van der Waals surface area contributed by atoms with E-state index in [0.29, 0.717) is 6.17 Å². The third kappa shape index (κ3) is 23.0. The molecule has 238 valence electrons. The van der Waals surface area contributed by atoms with Crippen LogP contribution in [0, 0.1) is 0 Å². The van der Waals surface area contributed by atoms with Gasteiger partial charge in [-0.3, -0.25) is 0 Å². The third-order valence-corrected chi connectivity index (χ3v) is 9.45. The fourth-order valence-corrected chi connectivity index (χ4v) is 6.47. The molecule has 40 heavy (non-hydrogen) atoms. The van der Waals surface area contributed by atoms with Gasteiger partial charge in [-0.25, -0.2) is 0 Å². The first-order valence-corrected chi connectivity index (χ1v) is 19.0. The molecule has 0 saturated heterocycles. The standard InChI is InChI=1S/C38H76N2/c1-4-6-8-10-12-14-16-18-19-20-21-23-25-27-29-31-33-35-40-37-36-39(38(40)3)34-32-30-28-26-24-22-17-15-13-11-9-7-5-2/h36-38H,4-35H2,1-3H3. The highest BCUT2D eigenvalue weighted by Crippen LogP contribution is 2.19. The Hall–Kier alpha value is -0.660. The lowest BCUT2D eigenvalue weighted by molar-refractivity contribution is 0.165. The molecular weight excluding hydrogens is 484 g/mol. The summed E-state index contributed by atoms with van der Waals surface area (Å²) in [6.45, 7) is 9.49. The molecule has 1 heterocycles. The second kappa shape index (κ2) is 29.8. The van der Waals surface area contributed by atoms with Crippen LogP contribution < -0.4 is 0 Å². The number of unbranched alkanes of at least 4 members (excludes halogenated alkanes) is 28. The van der Waals surface area contributed by atoms with E-state index in [9.17, 15) is 0 Å². The first kappa shape index (κ1) is 37.4. The summed E-state index contributed by atoms with van der Waals surface area (Å²) >= 11 is 0. The summed E-state index contributed by atoms with van der Waals surface area (Å²) < 4.78 is 0. The van der Waals surface area contributed by atoms with E-state index in [1.54, 1.807) is 0 Å². The highest BCUT2D eigenvalue weighted by atomic mass is 15.4. The molecule has 1 rings (SSSR count). The fourth-order valence-electron chi connectivity index (χ4n) is 6.47. The maximum atomic E-state index is 2.58. The first-order valence-electron chi connectivity index (χ1n) is 19.0. The zero-order valence-electron chi connectivity index (χ0n) is 28.3. The van der Waals surface area contributed by atoms with Crippen LogP contribution in [0.25, 0.3) is 0 Å². The minimum atomic E-state index is 0.568. The lowest BCUT2D eigenvalue weighted by atomic mass is 10.0. The van der Waals surface area contributed by atoms with Gasteiger partial charge in [-0.15, -0.1) is 0 Å². The predicted octanol–water partition coefficient (Wildman–Crippen LogP) is 13.2. The zero-order valence-corrected chi connectivity index (χ0v) is 28.3. The van der Waals surface area contributed by atoms with E-state index in [-0.39, 0.29) is 0 Å². The summed E-state index contributed by atoms with van der Waals surface area (Å²) in [4.78, 5) is 5.15. The lowest BCUT2D eigenvalue weighted by Crippen LogP contribution is -2.36. The quantitative estimate of drug-likeness (QED) is 0.0755. The van der Waals surface area contributed by atoms with E-state index in [0.717, 1.165) is 0 Å². The molecule has 1 aliphatic heterocycles. The van der Waals surface area contributed by atoms with E-state index in [4.69, 9.17) is 0 Å². The summed E-state index contributed by atoms with van der Waals surface area (Å²) in [5.41, 5.74) is 0. The van der Waals surface area contributed by atoms with E-state index < -0.39 is 0 Å². The van der Waals surface area contributed by atoms with E-state index in [1.807, 2.05) is 0 Å². The van der Waals surface area contributed by atoms with Crippen LogP contribution in [0.15, 0.2) is 12.4 Å². The molecule has 0 aliphatic carbocycles. The summed E-state index contributed by atoms with van der Waals surface area (Å²) in [6, 6.07) is 0. The monoisotopic (exact) mass is 561 g/mol. The van der Waals surface area contributed by atoms with Crippen LogP contribution in [-0.2, 0) is 0 Å². The van der Waals surface area contributed by atoms with Gasteiger partial charge in [0.25, 0.3) is 0 Å². The summed E-state index contributed by atoms with van der Waals surface area (Å²) in [6.07, 6.45) is 48.7. The molecule has 0 spiro atoms. The van der Waals surface area contributed by atoms with Crippen molar-refractivity contribution >= 4 is 0 Å². The van der Waals surface area contributed by atoms with Crippen molar-refractivity contribution in [1.82, 2.24) is 9.80 Å². The molecule has 1 unspecified atom stereocenters. The van der Waals surface area contributed by atoms with Crippen molar-refractivity contribution in [3.63, 3.8) is 0 Å². The van der Waals surface area contributed by atoms with Gasteiger partial charge in [-0.2, -0.15) is 0 Å². The van der Waals surface area contributed by atoms with Crippen LogP contribution in [0.3, 0.4) is 0 Å². The lowest BCUT2D eigenvalue weighted by Gasteiger charge is -2.30. The smallest absolute Gasteiger partial charge is 0.0977 e. The molecule has 0 saturated carbocycles. The second-order valence-corrected chi connectivity index (χ2v) is 13.3. The van der Waals surface area contributed by atoms with Gasteiger partial charge in [0.05, 0.1) is 6.17 Å². The van der Waals surface area contributed by atoms with Crippen LogP contribution in [0.2, 0.25) is 0 Å². The van der Waals surface area contributed by atoms with Crippen molar-refractivity contribution in [2.75, 3.05) is 13.1 Å². The summed E-state index contributed by atoms with van der Waals surface area (Å²) in [5.74, 6) is 0. The Kier molecular flexibility index (Phi) is 27.9. The Balaban J connectivity index is 1.80. The maximum Gasteiger partial charge on any atom is 0.0977 e. The molecule has 0 aromatic heterocycles. The maximum absolute atomic E-state index is 2.58. The Labute approximate surface area is 254 Å². The van der Waals surface area contributed by atoms with Gasteiger partial charge in [-0.05, 0) is 19.8 Å². The van der Waals surface area contributed by atoms with Gasteiger partial charge in [-0.1, -0.05) is 194 Å². The average molecular weight is 561 g/mol. The van der Waals surface area contributed by atoms with Gasteiger partial charge < -0.3 is 9.80 Å². The summed E-state index contributed by atoms with van der Waals surface area (Å²) in [7, 11) is 0. The van der Waals surface area contributed by atoms with Crippen LogP contribution in [0.4, 0.5) is 0 Å². The van der Waals surface area contributed by atoms with E-state index in [2.05, 4.69) is 43.0 Å². The van der Waals surface area contributed by atoms with Crippen molar-refractivity contribution in [3.05, 3.63) is 12.4 Å². The minimum Gasteiger partial charge on any atom is -0.356 e. The molecular formula is C38H76N2. The molecule has 0 fully saturated rings. The predicted molar refractivity (Wildman–Crippen MR) is 182 cm³/mol. The minimum absolute atomic E-state index is 0.568. The molecule has 1 aliphatic rings. The van der Waals surface area contributed by atoms with Crippen molar-refractivity contribution < 1.29 is 0 Å². The highest BCUT2D eigenvalue weighted by Gasteiger charge is 2.20. The fraction of sp³-hybridized carbons (Fsp3) is 0.947. The molecule has 2 heteroatoms. The second-order valence-electron chi connectivity index (χ2n) is 13.3. The largest absolute Gasteiger partial charge is 0.356 e. The molecule has 0 aromatic rings. The van der Waals surface area contributed by atoms with Gasteiger partial charge >= 0.3 is 0 Å². The molecule has 0 radical (unpaired) electrons. The first-order chi connectivity index (χ1) is 19.8. The number of rotatable bonds is 32. The highest BCUT2D eigenvalue weighted by molar-refractivity contribution is 4.95. The molecule has 0 bridgehead atoms. The van der Waals surface area contributed by atoms with Gasteiger partial charge in [0.15, 0.2) is 0 Å². The molecule has 0 N–H and O–H groups in total. The van der Waals surface area contributed by atoms with Gasteiger partial charge in [0, 0.05) is 25.5 Å². The zero-order chi connectivity index (χ0) is 28.8. The SMILES string of the molecule is CCCCCCCCCCCCCCCCCCCN1C=CN(CCCCCCCCCCCCCCC)C1C. The Morgan fingerprint density at radius 2 is 0.525 bits per heavy atom. The van der Waals surface area contributed by atoms with Gasteiger partial charge in [0.2, 0.25) is 0 Å². The number of hydrogen-bond acceptors (Lipinski definition) is 2. The summed E-state index contributed by atoms with van der Waals surface area (Å²) in [5, 5.41) is 0. The van der Waals surface area contributed by atoms with Crippen molar-refractivity contribution in [2.24, 2.45) is 0 Å². The normalized spacial score (nSPS) is 15.1. The molecule has 0 aromatic carbocycles.